The minimum Gasteiger partial charge on any atom is -0.410 e. The third kappa shape index (κ3) is 1.80. The van der Waals surface area contributed by atoms with Gasteiger partial charge in [-0.2, -0.15) is 0 Å². The Balaban J connectivity index is 1.97. The van der Waals surface area contributed by atoms with Crippen LogP contribution in [0.4, 0.5) is 11.4 Å². The molecule has 0 aromatic heterocycles. The SMILES string of the molecule is CCN1C(=O)/C(=C2\Nc3ccccc3\C2=N/O)c2ccccc21. The maximum atomic E-state index is 12.9. The van der Waals surface area contributed by atoms with E-state index in [0.29, 0.717) is 23.5 Å². The van der Waals surface area contributed by atoms with E-state index < -0.39 is 0 Å². The lowest BCUT2D eigenvalue weighted by Crippen LogP contribution is -2.26. The third-order valence-electron chi connectivity index (χ3n) is 4.27. The molecule has 5 nitrogen and oxygen atoms in total. The first kappa shape index (κ1) is 13.6. The van der Waals surface area contributed by atoms with Gasteiger partial charge in [0.2, 0.25) is 0 Å². The number of carbonyl (C=O) groups is 1. The zero-order valence-corrected chi connectivity index (χ0v) is 12.6. The smallest absolute Gasteiger partial charge is 0.261 e. The van der Waals surface area contributed by atoms with Gasteiger partial charge in [0.1, 0.15) is 5.71 Å². The summed E-state index contributed by atoms with van der Waals surface area (Å²) in [5, 5.41) is 16.2. The number of hydrogen-bond acceptors (Lipinski definition) is 4. The Labute approximate surface area is 133 Å². The molecule has 114 valence electrons. The van der Waals surface area contributed by atoms with Crippen molar-refractivity contribution in [3.05, 3.63) is 65.4 Å². The van der Waals surface area contributed by atoms with Crippen LogP contribution in [0.3, 0.4) is 0 Å². The first-order valence-electron chi connectivity index (χ1n) is 7.50. The van der Waals surface area contributed by atoms with Crippen LogP contribution in [0.5, 0.6) is 0 Å². The molecule has 2 heterocycles. The summed E-state index contributed by atoms with van der Waals surface area (Å²) >= 11 is 0. The maximum Gasteiger partial charge on any atom is 0.261 e. The summed E-state index contributed by atoms with van der Waals surface area (Å²) in [4.78, 5) is 14.6. The molecule has 0 fully saturated rings. The fourth-order valence-corrected chi connectivity index (χ4v) is 3.25. The zero-order chi connectivity index (χ0) is 16.0. The van der Waals surface area contributed by atoms with Crippen LogP contribution in [0.1, 0.15) is 18.1 Å². The standard InChI is InChI=1S/C18H15N3O2/c1-2-21-14-10-6-4-8-12(14)15(18(21)22)17-16(20-23)11-7-3-5-9-13(11)19-17/h3-10,19,23H,2H2,1H3/b17-15-,20-16+. The monoisotopic (exact) mass is 305 g/mol. The molecule has 0 saturated carbocycles. The summed E-state index contributed by atoms with van der Waals surface area (Å²) in [7, 11) is 0. The average molecular weight is 305 g/mol. The molecule has 0 aliphatic carbocycles. The highest BCUT2D eigenvalue weighted by molar-refractivity contribution is 6.40. The Hall–Kier alpha value is -3.08. The molecule has 0 saturated heterocycles. The van der Waals surface area contributed by atoms with Crippen molar-refractivity contribution in [3.63, 3.8) is 0 Å². The summed E-state index contributed by atoms with van der Waals surface area (Å²) in [6.07, 6.45) is 0. The summed E-state index contributed by atoms with van der Waals surface area (Å²) < 4.78 is 0. The van der Waals surface area contributed by atoms with E-state index in [1.54, 1.807) is 4.90 Å². The minimum atomic E-state index is -0.0786. The molecule has 0 radical (unpaired) electrons. The number of nitrogens with one attached hydrogen (secondary N) is 1. The van der Waals surface area contributed by atoms with Gasteiger partial charge in [0.05, 0.1) is 17.0 Å². The van der Waals surface area contributed by atoms with Crippen molar-refractivity contribution in [2.24, 2.45) is 5.16 Å². The lowest BCUT2D eigenvalue weighted by molar-refractivity contribution is -0.113. The fourth-order valence-electron chi connectivity index (χ4n) is 3.25. The van der Waals surface area contributed by atoms with Gasteiger partial charge in [0, 0.05) is 23.4 Å². The molecule has 2 aliphatic heterocycles. The van der Waals surface area contributed by atoms with Gasteiger partial charge in [0.15, 0.2) is 0 Å². The summed E-state index contributed by atoms with van der Waals surface area (Å²) in [5.41, 5.74) is 4.87. The van der Waals surface area contributed by atoms with Gasteiger partial charge < -0.3 is 15.4 Å². The van der Waals surface area contributed by atoms with E-state index in [1.807, 2.05) is 55.5 Å². The number of anilines is 2. The Morgan fingerprint density at radius 3 is 2.52 bits per heavy atom. The molecule has 2 aliphatic rings. The van der Waals surface area contributed by atoms with Crippen LogP contribution in [-0.4, -0.2) is 23.4 Å². The molecule has 0 spiro atoms. The second-order valence-electron chi connectivity index (χ2n) is 5.44. The van der Waals surface area contributed by atoms with E-state index in [0.717, 1.165) is 22.5 Å². The maximum absolute atomic E-state index is 12.9. The second kappa shape index (κ2) is 4.98. The van der Waals surface area contributed by atoms with Gasteiger partial charge in [-0.1, -0.05) is 41.6 Å². The second-order valence-corrected chi connectivity index (χ2v) is 5.44. The lowest BCUT2D eigenvalue weighted by atomic mass is 10.0. The van der Waals surface area contributed by atoms with Crippen LogP contribution >= 0.6 is 0 Å². The van der Waals surface area contributed by atoms with Crippen LogP contribution in [0.2, 0.25) is 0 Å². The fraction of sp³-hybridized carbons (Fsp3) is 0.111. The molecule has 5 heteroatoms. The number of fused-ring (bicyclic) bond motifs is 2. The number of amides is 1. The quantitative estimate of drug-likeness (QED) is 0.483. The number of oxime groups is 1. The molecule has 0 bridgehead atoms. The highest BCUT2D eigenvalue weighted by atomic mass is 16.4. The van der Waals surface area contributed by atoms with Gasteiger partial charge in [-0.25, -0.2) is 0 Å². The van der Waals surface area contributed by atoms with Crippen LogP contribution in [0, 0.1) is 0 Å². The molecular formula is C18H15N3O2. The number of carbonyl (C=O) groups excluding carboxylic acids is 1. The number of likely N-dealkylation sites (N-methyl/N-ethyl adjacent to an activating group) is 1. The van der Waals surface area contributed by atoms with Crippen molar-refractivity contribution in [1.82, 2.24) is 0 Å². The Morgan fingerprint density at radius 2 is 1.78 bits per heavy atom. The Kier molecular flexibility index (Phi) is 2.94. The zero-order valence-electron chi connectivity index (χ0n) is 12.6. The van der Waals surface area contributed by atoms with Crippen molar-refractivity contribution in [1.29, 1.82) is 0 Å². The van der Waals surface area contributed by atoms with E-state index in [2.05, 4.69) is 10.5 Å². The van der Waals surface area contributed by atoms with Crippen molar-refractivity contribution in [3.8, 4) is 0 Å². The molecule has 4 rings (SSSR count). The highest BCUT2D eigenvalue weighted by Gasteiger charge is 2.37. The third-order valence-corrected chi connectivity index (χ3v) is 4.27. The molecule has 23 heavy (non-hydrogen) atoms. The van der Waals surface area contributed by atoms with Gasteiger partial charge in [0.25, 0.3) is 5.91 Å². The minimum absolute atomic E-state index is 0.0786. The summed E-state index contributed by atoms with van der Waals surface area (Å²) in [6, 6.07) is 15.2. The Bertz CT molecular complexity index is 883. The van der Waals surface area contributed by atoms with E-state index in [-0.39, 0.29) is 5.91 Å². The van der Waals surface area contributed by atoms with Gasteiger partial charge in [-0.05, 0) is 19.1 Å². The first-order valence-corrected chi connectivity index (χ1v) is 7.50. The van der Waals surface area contributed by atoms with E-state index in [1.165, 1.54) is 0 Å². The lowest BCUT2D eigenvalue weighted by Gasteiger charge is -2.13. The molecule has 0 unspecified atom stereocenters. The van der Waals surface area contributed by atoms with Crippen molar-refractivity contribution in [2.75, 3.05) is 16.8 Å². The highest BCUT2D eigenvalue weighted by Crippen LogP contribution is 2.41. The van der Waals surface area contributed by atoms with E-state index in [4.69, 9.17) is 0 Å². The molecule has 2 N–H and O–H groups in total. The van der Waals surface area contributed by atoms with Crippen LogP contribution in [0.25, 0.3) is 5.57 Å². The van der Waals surface area contributed by atoms with Gasteiger partial charge >= 0.3 is 0 Å². The van der Waals surface area contributed by atoms with E-state index >= 15 is 0 Å². The number of para-hydroxylation sites is 2. The largest absolute Gasteiger partial charge is 0.410 e. The number of nitrogens with zero attached hydrogens (tertiary/aromatic N) is 2. The van der Waals surface area contributed by atoms with Gasteiger partial charge in [-0.15, -0.1) is 0 Å². The number of allylic oxidation sites excluding steroid dienone is 1. The average Bonchev–Trinajstić information content (AvgIpc) is 3.08. The number of hydrogen-bond donors (Lipinski definition) is 2. The van der Waals surface area contributed by atoms with Crippen molar-refractivity contribution in [2.45, 2.75) is 6.92 Å². The summed E-state index contributed by atoms with van der Waals surface area (Å²) in [5.74, 6) is -0.0786. The molecule has 2 aromatic carbocycles. The molecule has 1 amide bonds. The van der Waals surface area contributed by atoms with Crippen LogP contribution < -0.4 is 10.2 Å². The van der Waals surface area contributed by atoms with E-state index in [9.17, 15) is 10.0 Å². The topological polar surface area (TPSA) is 64.9 Å². The summed E-state index contributed by atoms with van der Waals surface area (Å²) in [6.45, 7) is 2.53. The Morgan fingerprint density at radius 1 is 1.09 bits per heavy atom. The van der Waals surface area contributed by atoms with Crippen LogP contribution in [-0.2, 0) is 4.79 Å². The molecule has 2 aromatic rings. The van der Waals surface area contributed by atoms with Crippen molar-refractivity contribution < 1.29 is 10.0 Å². The van der Waals surface area contributed by atoms with Crippen LogP contribution in [0.15, 0.2) is 59.4 Å². The normalized spacial score (nSPS) is 20.7. The molecular weight excluding hydrogens is 290 g/mol. The number of benzene rings is 2. The van der Waals surface area contributed by atoms with Gasteiger partial charge in [-0.3, -0.25) is 4.79 Å². The predicted molar refractivity (Wildman–Crippen MR) is 89.8 cm³/mol. The molecule has 0 atom stereocenters. The van der Waals surface area contributed by atoms with Crippen molar-refractivity contribution >= 4 is 28.6 Å². The number of rotatable bonds is 1. The first-order chi connectivity index (χ1) is 11.3. The predicted octanol–water partition coefficient (Wildman–Crippen LogP) is 3.07.